The van der Waals surface area contributed by atoms with Gasteiger partial charge in [-0.05, 0) is 29.3 Å². The number of hydrogen-bond donors (Lipinski definition) is 0. The third kappa shape index (κ3) is 3.96. The van der Waals surface area contributed by atoms with Crippen molar-refractivity contribution in [3.63, 3.8) is 0 Å². The summed E-state index contributed by atoms with van der Waals surface area (Å²) in [6.45, 7) is 0.469. The molecule has 0 saturated carbocycles. The van der Waals surface area contributed by atoms with Crippen LogP contribution in [0.15, 0.2) is 24.3 Å². The van der Waals surface area contributed by atoms with Gasteiger partial charge in [0.15, 0.2) is 0 Å². The van der Waals surface area contributed by atoms with Crippen molar-refractivity contribution in [2.45, 2.75) is 5.92 Å². The van der Waals surface area contributed by atoms with Gasteiger partial charge in [-0.2, -0.15) is 0 Å². The second kappa shape index (κ2) is 7.15. The van der Waals surface area contributed by atoms with E-state index in [1.165, 1.54) is 0 Å². The van der Waals surface area contributed by atoms with Crippen molar-refractivity contribution in [2.75, 3.05) is 17.8 Å². The molecule has 0 saturated heterocycles. The van der Waals surface area contributed by atoms with Gasteiger partial charge in [-0.1, -0.05) is 28.1 Å². The predicted molar refractivity (Wildman–Crippen MR) is 70.1 cm³/mol. The van der Waals surface area contributed by atoms with Crippen LogP contribution in [-0.2, 0) is 4.79 Å². The third-order valence-electron chi connectivity index (χ3n) is 2.06. The van der Waals surface area contributed by atoms with E-state index in [2.05, 4.69) is 15.9 Å². The number of rotatable bonds is 6. The predicted octanol–water partition coefficient (Wildman–Crippen LogP) is 3.55. The van der Waals surface area contributed by atoms with Crippen molar-refractivity contribution in [1.29, 1.82) is 0 Å². The zero-order valence-electron chi connectivity index (χ0n) is 8.46. The minimum atomic E-state index is -0.369. The molecule has 1 aromatic carbocycles. The molecule has 1 unspecified atom stereocenters. The molecule has 1 rings (SSSR count). The number of carbonyl (C=O) groups excluding carboxylic acids is 1. The Morgan fingerprint density at radius 2 is 2.00 bits per heavy atom. The van der Waals surface area contributed by atoms with Gasteiger partial charge in [-0.15, -0.1) is 11.6 Å². The molecule has 1 aromatic rings. The molecule has 0 bridgehead atoms. The summed E-state index contributed by atoms with van der Waals surface area (Å²) in [6, 6.07) is 7.26. The molecule has 0 aliphatic heterocycles. The summed E-state index contributed by atoms with van der Waals surface area (Å²) < 4.78 is 5.32. The maximum absolute atomic E-state index is 11.1. The first kappa shape index (κ1) is 13.8. The molecule has 0 fully saturated rings. The number of hydrogen-bond acceptors (Lipinski definition) is 2. The first-order chi connectivity index (χ1) is 7.69. The van der Waals surface area contributed by atoms with Gasteiger partial charge in [0, 0.05) is 5.33 Å². The van der Waals surface area contributed by atoms with Gasteiger partial charge in [0.1, 0.15) is 12.4 Å². The Balaban J connectivity index is 2.73. The van der Waals surface area contributed by atoms with Crippen LogP contribution in [0.25, 0.3) is 0 Å². The van der Waals surface area contributed by atoms with E-state index in [4.69, 9.17) is 27.9 Å². The summed E-state index contributed by atoms with van der Waals surface area (Å²) in [5.74, 6) is 0.870. The van der Waals surface area contributed by atoms with Crippen LogP contribution in [0.5, 0.6) is 5.75 Å². The first-order valence-corrected chi connectivity index (χ1v) is 6.76. The lowest BCUT2D eigenvalue weighted by molar-refractivity contribution is -0.112. The Kier molecular flexibility index (Phi) is 6.17. The molecular weight excluding hydrogens is 315 g/mol. The van der Waals surface area contributed by atoms with Crippen molar-refractivity contribution < 1.29 is 9.53 Å². The number of benzene rings is 1. The molecule has 0 aromatic heterocycles. The van der Waals surface area contributed by atoms with Gasteiger partial charge in [0.05, 0.1) is 11.8 Å². The zero-order chi connectivity index (χ0) is 12.0. The highest BCUT2D eigenvalue weighted by Crippen LogP contribution is 2.23. The third-order valence-corrected chi connectivity index (χ3v) is 3.12. The van der Waals surface area contributed by atoms with E-state index >= 15 is 0 Å². The summed E-state index contributed by atoms with van der Waals surface area (Å²) in [7, 11) is 0. The summed E-state index contributed by atoms with van der Waals surface area (Å²) in [5.41, 5.74) is 0.870. The van der Waals surface area contributed by atoms with Crippen LogP contribution in [0, 0.1) is 0 Å². The minimum Gasteiger partial charge on any atom is -0.492 e. The highest BCUT2D eigenvalue weighted by atomic mass is 79.9. The Morgan fingerprint density at radius 3 is 2.44 bits per heavy atom. The minimum absolute atomic E-state index is 0.316. The van der Waals surface area contributed by atoms with E-state index in [1.54, 1.807) is 12.1 Å². The molecule has 16 heavy (non-hydrogen) atoms. The lowest BCUT2D eigenvalue weighted by atomic mass is 10.0. The summed E-state index contributed by atoms with van der Waals surface area (Å²) in [5, 5.41) is 0.142. The number of carbonyl (C=O) groups is 1. The van der Waals surface area contributed by atoms with Crippen LogP contribution < -0.4 is 4.74 Å². The average Bonchev–Trinajstić information content (AvgIpc) is 2.28. The van der Waals surface area contributed by atoms with Crippen LogP contribution in [-0.4, -0.2) is 23.1 Å². The van der Waals surface area contributed by atoms with Gasteiger partial charge in [-0.25, -0.2) is 0 Å². The summed E-state index contributed by atoms with van der Waals surface area (Å²) >= 11 is 14.2. The number of halogens is 3. The van der Waals surface area contributed by atoms with Gasteiger partial charge >= 0.3 is 0 Å². The fourth-order valence-corrected chi connectivity index (χ4v) is 2.37. The van der Waals surface area contributed by atoms with Crippen LogP contribution in [0.3, 0.4) is 0 Å². The summed E-state index contributed by atoms with van der Waals surface area (Å²) in [4.78, 5) is 11.1. The normalized spacial score (nSPS) is 12.2. The monoisotopic (exact) mass is 324 g/mol. The molecule has 2 nitrogen and oxygen atoms in total. The van der Waals surface area contributed by atoms with Crippen LogP contribution in [0.1, 0.15) is 11.5 Å². The Labute approximate surface area is 113 Å². The van der Waals surface area contributed by atoms with E-state index in [9.17, 15) is 4.79 Å². The van der Waals surface area contributed by atoms with Crippen molar-refractivity contribution >= 4 is 44.4 Å². The average molecular weight is 326 g/mol. The maximum atomic E-state index is 11.1. The van der Waals surface area contributed by atoms with Crippen molar-refractivity contribution in [2.24, 2.45) is 0 Å². The van der Waals surface area contributed by atoms with Crippen molar-refractivity contribution in [3.05, 3.63) is 29.8 Å². The lowest BCUT2D eigenvalue weighted by Crippen LogP contribution is -2.08. The molecule has 5 heteroatoms. The second-order valence-electron chi connectivity index (χ2n) is 3.12. The Morgan fingerprint density at radius 1 is 1.38 bits per heavy atom. The quantitative estimate of drug-likeness (QED) is 0.590. The topological polar surface area (TPSA) is 26.3 Å². The fraction of sp³-hybridized carbons (Fsp3) is 0.364. The SMILES string of the molecule is O=C(Cl)C(CBr)c1ccc(OCCCl)cc1. The smallest absolute Gasteiger partial charge is 0.229 e. The molecule has 0 amide bonds. The van der Waals surface area contributed by atoms with Crippen LogP contribution in [0.2, 0.25) is 0 Å². The van der Waals surface area contributed by atoms with E-state index in [0.29, 0.717) is 17.8 Å². The van der Waals surface area contributed by atoms with Crippen LogP contribution >= 0.6 is 39.1 Å². The molecule has 0 radical (unpaired) electrons. The van der Waals surface area contributed by atoms with E-state index in [-0.39, 0.29) is 11.2 Å². The first-order valence-electron chi connectivity index (χ1n) is 4.73. The Hall–Kier alpha value is -0.250. The molecule has 1 atom stereocenters. The highest BCUT2D eigenvalue weighted by Gasteiger charge is 2.16. The molecule has 0 N–H and O–H groups in total. The Bertz CT molecular complexity index is 340. The maximum Gasteiger partial charge on any atom is 0.229 e. The van der Waals surface area contributed by atoms with E-state index < -0.39 is 0 Å². The largest absolute Gasteiger partial charge is 0.492 e. The van der Waals surface area contributed by atoms with Gasteiger partial charge in [-0.3, -0.25) is 4.79 Å². The second-order valence-corrected chi connectivity index (χ2v) is 4.52. The fourth-order valence-electron chi connectivity index (χ4n) is 1.23. The molecular formula is C11H11BrCl2O2. The van der Waals surface area contributed by atoms with Gasteiger partial charge in [0.2, 0.25) is 5.24 Å². The number of alkyl halides is 2. The molecule has 0 aliphatic rings. The highest BCUT2D eigenvalue weighted by molar-refractivity contribution is 9.09. The van der Waals surface area contributed by atoms with Crippen molar-refractivity contribution in [3.8, 4) is 5.75 Å². The molecule has 0 aliphatic carbocycles. The van der Waals surface area contributed by atoms with E-state index in [1.807, 2.05) is 12.1 Å². The number of ether oxygens (including phenoxy) is 1. The van der Waals surface area contributed by atoms with E-state index in [0.717, 1.165) is 11.3 Å². The zero-order valence-corrected chi connectivity index (χ0v) is 11.6. The van der Waals surface area contributed by atoms with Crippen molar-refractivity contribution in [1.82, 2.24) is 0 Å². The molecule has 0 heterocycles. The molecule has 88 valence electrons. The standard InChI is InChI=1S/C11H11BrCl2O2/c12-7-10(11(14)15)8-1-3-9(4-2-8)16-6-5-13/h1-4,10H,5-7H2. The molecule has 0 spiro atoms. The van der Waals surface area contributed by atoms with Gasteiger partial charge < -0.3 is 4.74 Å². The van der Waals surface area contributed by atoms with Crippen LogP contribution in [0.4, 0.5) is 0 Å². The van der Waals surface area contributed by atoms with Gasteiger partial charge in [0.25, 0.3) is 0 Å². The summed E-state index contributed by atoms with van der Waals surface area (Å²) in [6.07, 6.45) is 0. The lowest BCUT2D eigenvalue weighted by Gasteiger charge is -2.10.